The fraction of sp³-hybridized carbons (Fsp3) is 0.426. The van der Waals surface area contributed by atoms with Gasteiger partial charge in [0.05, 0.1) is 50.4 Å². The predicted octanol–water partition coefficient (Wildman–Crippen LogP) is 7.60. The summed E-state index contributed by atoms with van der Waals surface area (Å²) in [5.41, 5.74) is 8.67. The molecular formula is C47H56N8O6. The molecular weight excluding hydrogens is 773 g/mol. The van der Waals surface area contributed by atoms with Gasteiger partial charge in [-0.3, -0.25) is 19.6 Å². The maximum Gasteiger partial charge on any atom is 0.407 e. The van der Waals surface area contributed by atoms with E-state index in [1.54, 1.807) is 93.7 Å². The van der Waals surface area contributed by atoms with Gasteiger partial charge in [0.15, 0.2) is 0 Å². The second-order valence-corrected chi connectivity index (χ2v) is 17.3. The number of nitrogens with zero attached hydrogens (tertiary/aromatic N) is 6. The molecule has 0 bridgehead atoms. The fourth-order valence-corrected chi connectivity index (χ4v) is 7.49. The zero-order valence-corrected chi connectivity index (χ0v) is 37.0. The van der Waals surface area contributed by atoms with E-state index >= 15 is 0 Å². The summed E-state index contributed by atoms with van der Waals surface area (Å²) in [5.74, 6) is 1.58. The first kappa shape index (κ1) is 45.6. The van der Waals surface area contributed by atoms with Crippen LogP contribution in [0.25, 0.3) is 43.4 Å². The summed E-state index contributed by atoms with van der Waals surface area (Å²) in [6.45, 7) is 17.8. The van der Waals surface area contributed by atoms with Crippen molar-refractivity contribution >= 4 is 49.4 Å². The quantitative estimate of drug-likeness (QED) is 0.122. The van der Waals surface area contributed by atoms with E-state index in [-0.39, 0.29) is 29.8 Å². The normalized spacial score (nSPS) is 12.5. The molecule has 0 aliphatic rings. The van der Waals surface area contributed by atoms with Gasteiger partial charge >= 0.3 is 6.09 Å². The third-order valence-electron chi connectivity index (χ3n) is 10.2. The van der Waals surface area contributed by atoms with Gasteiger partial charge in [0.25, 0.3) is 11.1 Å². The van der Waals surface area contributed by atoms with Gasteiger partial charge in [-0.1, -0.05) is 27.7 Å². The summed E-state index contributed by atoms with van der Waals surface area (Å²) in [6, 6.07) is 14.6. The maximum atomic E-state index is 13.0. The van der Waals surface area contributed by atoms with Crippen LogP contribution in [0.2, 0.25) is 0 Å². The van der Waals surface area contributed by atoms with Crippen LogP contribution in [-0.2, 0) is 18.8 Å². The smallest absolute Gasteiger partial charge is 0.407 e. The molecule has 2 aromatic carbocycles. The Kier molecular flexibility index (Phi) is 14.1. The molecule has 61 heavy (non-hydrogen) atoms. The second-order valence-electron chi connectivity index (χ2n) is 17.3. The highest BCUT2D eigenvalue weighted by Crippen LogP contribution is 2.32. The fourth-order valence-electron chi connectivity index (χ4n) is 7.49. The van der Waals surface area contributed by atoms with Crippen LogP contribution in [0.5, 0.6) is 11.5 Å². The van der Waals surface area contributed by atoms with E-state index in [1.807, 2.05) is 13.0 Å². The molecule has 3 N–H and O–H groups in total. The molecule has 0 radical (unpaired) electrons. The second kappa shape index (κ2) is 18.8. The number of benzene rings is 2. The first-order valence-corrected chi connectivity index (χ1v) is 20.4. The maximum absolute atomic E-state index is 13.0. The molecule has 1 amide bonds. The first-order valence-electron chi connectivity index (χ1n) is 20.4. The van der Waals surface area contributed by atoms with Gasteiger partial charge in [-0.2, -0.15) is 10.5 Å². The number of carbonyl (C=O) groups is 1. The van der Waals surface area contributed by atoms with Gasteiger partial charge in [0.2, 0.25) is 0 Å². The zero-order chi connectivity index (χ0) is 44.9. The molecule has 0 saturated heterocycles. The minimum Gasteiger partial charge on any atom is -0.491 e. The molecule has 0 saturated carbocycles. The van der Waals surface area contributed by atoms with Crippen LogP contribution in [0.15, 0.2) is 58.4 Å². The van der Waals surface area contributed by atoms with Gasteiger partial charge in [0.1, 0.15) is 42.5 Å². The Balaban J connectivity index is 0.000000237. The van der Waals surface area contributed by atoms with Crippen LogP contribution in [0.4, 0.5) is 4.79 Å². The Bertz CT molecular complexity index is 2820. The van der Waals surface area contributed by atoms with Gasteiger partial charge in [-0.25, -0.2) is 4.79 Å². The van der Waals surface area contributed by atoms with Crippen molar-refractivity contribution in [2.45, 2.75) is 92.8 Å². The van der Waals surface area contributed by atoms with Crippen molar-refractivity contribution in [3.8, 4) is 23.6 Å². The summed E-state index contributed by atoms with van der Waals surface area (Å²) >= 11 is 0. The molecule has 0 unspecified atom stereocenters. The number of fused-ring (bicyclic) bond motifs is 6. The van der Waals surface area contributed by atoms with Crippen molar-refractivity contribution < 1.29 is 19.0 Å². The Morgan fingerprint density at radius 1 is 0.754 bits per heavy atom. The molecule has 6 rings (SSSR count). The minimum absolute atomic E-state index is 0.110. The van der Waals surface area contributed by atoms with Crippen molar-refractivity contribution in [2.75, 3.05) is 13.2 Å². The summed E-state index contributed by atoms with van der Waals surface area (Å²) < 4.78 is 20.4. The number of aromatic nitrogens is 4. The van der Waals surface area contributed by atoms with Crippen molar-refractivity contribution in [3.05, 3.63) is 92.0 Å². The molecule has 4 heterocycles. The number of nitrogens with two attached hydrogens (primary N) is 1. The number of nitriles is 2. The Morgan fingerprint density at radius 2 is 1.20 bits per heavy atom. The number of hydrogen-bond donors (Lipinski definition) is 2. The lowest BCUT2D eigenvalue weighted by atomic mass is 10.0. The molecule has 0 aliphatic heterocycles. The van der Waals surface area contributed by atoms with E-state index in [1.165, 1.54) is 0 Å². The van der Waals surface area contributed by atoms with E-state index in [0.29, 0.717) is 80.7 Å². The number of pyridine rings is 4. The van der Waals surface area contributed by atoms with E-state index in [4.69, 9.17) is 19.9 Å². The number of amides is 1. The average molecular weight is 829 g/mol. The van der Waals surface area contributed by atoms with Gasteiger partial charge in [-0.15, -0.1) is 0 Å². The van der Waals surface area contributed by atoms with E-state index in [9.17, 15) is 24.9 Å². The molecule has 320 valence electrons. The van der Waals surface area contributed by atoms with Crippen LogP contribution in [0, 0.1) is 48.3 Å². The Morgan fingerprint density at radius 3 is 1.61 bits per heavy atom. The standard InChI is InChI=1S/C26H32N4O4.C21H24N4O2/c1-15(2)10-18(29-25(32)34-26(4,5)6)14-33-22-12-21-20(11-17(22)13-27)19-8-9-28-16(3)23(19)24(31)30(21)7;1-12(2)7-15(23)11-27-19-9-18-17(8-14(19)10-22)16-5-6-24-13(3)20(16)21(26)25(18)4/h8-9,11-12,15,18H,10,14H2,1-7H3,(H,29,32);5-6,8-9,12,15H,7,11,23H2,1-4H3/t18-;15-/m11/s1. The largest absolute Gasteiger partial charge is 0.491 e. The van der Waals surface area contributed by atoms with Crippen LogP contribution in [-0.4, -0.2) is 56.1 Å². The van der Waals surface area contributed by atoms with Crippen molar-refractivity contribution in [1.82, 2.24) is 24.4 Å². The lowest BCUT2D eigenvalue weighted by Gasteiger charge is -2.25. The third-order valence-corrected chi connectivity index (χ3v) is 10.2. The third kappa shape index (κ3) is 10.5. The summed E-state index contributed by atoms with van der Waals surface area (Å²) in [6.07, 6.45) is 4.33. The highest BCUT2D eigenvalue weighted by Gasteiger charge is 2.22. The van der Waals surface area contributed by atoms with Crippen LogP contribution in [0.3, 0.4) is 0 Å². The lowest BCUT2D eigenvalue weighted by Crippen LogP contribution is -2.42. The lowest BCUT2D eigenvalue weighted by molar-refractivity contribution is 0.0480. The number of aryl methyl sites for hydroxylation is 4. The molecule has 14 heteroatoms. The van der Waals surface area contributed by atoms with Gasteiger partial charge in [-0.05, 0) is 94.3 Å². The topological polar surface area (TPSA) is 200 Å². The summed E-state index contributed by atoms with van der Waals surface area (Å²) in [5, 5.41) is 26.5. The monoisotopic (exact) mass is 828 g/mol. The number of nitrogens with one attached hydrogen (secondary N) is 1. The predicted molar refractivity (Wildman–Crippen MR) is 239 cm³/mol. The van der Waals surface area contributed by atoms with Crippen molar-refractivity contribution in [1.29, 1.82) is 10.5 Å². The number of rotatable bonds is 11. The van der Waals surface area contributed by atoms with E-state index in [2.05, 4.69) is 55.1 Å². The molecule has 14 nitrogen and oxygen atoms in total. The highest BCUT2D eigenvalue weighted by molar-refractivity contribution is 6.08. The molecule has 0 fully saturated rings. The Hall–Kier alpha value is -6.51. The van der Waals surface area contributed by atoms with Crippen LogP contribution in [0.1, 0.15) is 83.8 Å². The van der Waals surface area contributed by atoms with Crippen molar-refractivity contribution in [3.63, 3.8) is 0 Å². The molecule has 0 aliphatic carbocycles. The zero-order valence-electron chi connectivity index (χ0n) is 37.0. The number of carbonyl (C=O) groups excluding carboxylic acids is 1. The van der Waals surface area contributed by atoms with Crippen LogP contribution >= 0.6 is 0 Å². The highest BCUT2D eigenvalue weighted by atomic mass is 16.6. The average Bonchev–Trinajstić information content (AvgIpc) is 3.18. The van der Waals surface area contributed by atoms with E-state index in [0.717, 1.165) is 28.0 Å². The van der Waals surface area contributed by atoms with Crippen molar-refractivity contribution in [2.24, 2.45) is 31.7 Å². The molecule has 0 spiro atoms. The number of hydrogen-bond acceptors (Lipinski definition) is 11. The molecule has 2 atom stereocenters. The summed E-state index contributed by atoms with van der Waals surface area (Å²) in [7, 11) is 3.41. The number of ether oxygens (including phenoxy) is 3. The summed E-state index contributed by atoms with van der Waals surface area (Å²) in [4.78, 5) is 46.6. The molecule has 4 aromatic heterocycles. The molecule has 6 aromatic rings. The van der Waals surface area contributed by atoms with E-state index < -0.39 is 11.7 Å². The first-order chi connectivity index (χ1) is 28.7. The van der Waals surface area contributed by atoms with Gasteiger partial charge < -0.3 is 34.4 Å². The Labute approximate surface area is 355 Å². The minimum atomic E-state index is -0.610. The number of alkyl carbamates (subject to hydrolysis) is 1. The van der Waals surface area contributed by atoms with Crippen LogP contribution < -0.4 is 31.6 Å². The van der Waals surface area contributed by atoms with Gasteiger partial charge in [0, 0.05) is 55.4 Å². The SMILES string of the molecule is Cc1nccc2c1c(=O)n(C)c1cc(OC[C@@H](CC(C)C)NC(=O)OC(C)(C)C)c(C#N)cc21.Cc1nccc2c1c(=O)n(C)c1cc(OC[C@H](N)CC(C)C)c(C#N)cc21.